The van der Waals surface area contributed by atoms with E-state index in [1.165, 1.54) is 6.08 Å². The molecule has 0 fully saturated rings. The van der Waals surface area contributed by atoms with Gasteiger partial charge in [-0.1, -0.05) is 12.1 Å². The lowest BCUT2D eigenvalue weighted by atomic mass is 10.0. The minimum Gasteiger partial charge on any atom is -0.507 e. The van der Waals surface area contributed by atoms with Crippen LogP contribution in [0.3, 0.4) is 0 Å². The van der Waals surface area contributed by atoms with Gasteiger partial charge in [-0.3, -0.25) is 4.79 Å². The van der Waals surface area contributed by atoms with Gasteiger partial charge in [-0.2, -0.15) is 0 Å². The Balaban J connectivity index is 1.82. The molecule has 0 bridgehead atoms. The van der Waals surface area contributed by atoms with Crippen molar-refractivity contribution in [2.45, 2.75) is 20.3 Å². The van der Waals surface area contributed by atoms with Crippen LogP contribution in [0.5, 0.6) is 17.2 Å². The minimum absolute atomic E-state index is 0.00594. The summed E-state index contributed by atoms with van der Waals surface area (Å²) >= 11 is 0. The molecule has 1 aliphatic heterocycles. The van der Waals surface area contributed by atoms with Crippen molar-refractivity contribution in [2.75, 3.05) is 13.2 Å². The number of hydrogen-bond acceptors (Lipinski definition) is 4. The molecule has 0 saturated heterocycles. The number of allylic oxidation sites excluding steroid dienone is 1. The fourth-order valence-corrected chi connectivity index (χ4v) is 2.54. The van der Waals surface area contributed by atoms with Gasteiger partial charge >= 0.3 is 0 Å². The summed E-state index contributed by atoms with van der Waals surface area (Å²) in [6.07, 6.45) is 4.03. The van der Waals surface area contributed by atoms with Crippen LogP contribution in [0, 0.1) is 13.8 Å². The summed E-state index contributed by atoms with van der Waals surface area (Å²) in [4.78, 5) is 12.3. The fraction of sp³-hybridized carbons (Fsp3) is 0.250. The zero-order valence-electron chi connectivity index (χ0n) is 13.8. The number of carbonyl (C=O) groups is 1. The third-order valence-electron chi connectivity index (χ3n) is 4.08. The van der Waals surface area contributed by atoms with E-state index in [1.54, 1.807) is 18.2 Å². The van der Waals surface area contributed by atoms with Crippen molar-refractivity contribution in [2.24, 2.45) is 0 Å². The lowest BCUT2D eigenvalue weighted by Gasteiger charge is -2.07. The van der Waals surface area contributed by atoms with Crippen LogP contribution in [-0.2, 0) is 0 Å². The SMILES string of the molecule is Cc1cc(O)c(C(=O)/C=C/c2ccc3c(c2)OCCCO3)cc1C. The van der Waals surface area contributed by atoms with Gasteiger partial charge in [0, 0.05) is 6.42 Å². The van der Waals surface area contributed by atoms with Gasteiger partial charge in [-0.25, -0.2) is 0 Å². The molecule has 0 amide bonds. The van der Waals surface area contributed by atoms with Gasteiger partial charge in [0.2, 0.25) is 0 Å². The molecule has 2 aromatic carbocycles. The van der Waals surface area contributed by atoms with E-state index in [-0.39, 0.29) is 11.5 Å². The Bertz CT molecular complexity index is 806. The Morgan fingerprint density at radius 2 is 1.75 bits per heavy atom. The van der Waals surface area contributed by atoms with E-state index >= 15 is 0 Å². The molecule has 0 aromatic heterocycles. The summed E-state index contributed by atoms with van der Waals surface area (Å²) in [5.41, 5.74) is 3.08. The van der Waals surface area contributed by atoms with Crippen LogP contribution in [0.25, 0.3) is 6.08 Å². The number of phenols is 1. The highest BCUT2D eigenvalue weighted by Crippen LogP contribution is 2.31. The van der Waals surface area contributed by atoms with Crippen molar-refractivity contribution in [3.8, 4) is 17.2 Å². The summed E-state index contributed by atoms with van der Waals surface area (Å²) in [5.74, 6) is 1.19. The molecule has 1 N–H and O–H groups in total. The fourth-order valence-electron chi connectivity index (χ4n) is 2.54. The summed E-state index contributed by atoms with van der Waals surface area (Å²) < 4.78 is 11.2. The maximum Gasteiger partial charge on any atom is 0.189 e. The predicted octanol–water partition coefficient (Wildman–Crippen LogP) is 4.07. The number of ketones is 1. The smallest absolute Gasteiger partial charge is 0.189 e. The molecule has 124 valence electrons. The Labute approximate surface area is 141 Å². The van der Waals surface area contributed by atoms with Crippen LogP contribution in [0.1, 0.15) is 33.5 Å². The van der Waals surface area contributed by atoms with Gasteiger partial charge in [0.15, 0.2) is 17.3 Å². The average Bonchev–Trinajstić information content (AvgIpc) is 2.80. The molecule has 2 aromatic rings. The molecule has 4 heteroatoms. The molecule has 4 nitrogen and oxygen atoms in total. The van der Waals surface area contributed by atoms with E-state index in [1.807, 2.05) is 32.0 Å². The van der Waals surface area contributed by atoms with Crippen molar-refractivity contribution in [1.29, 1.82) is 0 Å². The van der Waals surface area contributed by atoms with Gasteiger partial charge < -0.3 is 14.6 Å². The first-order valence-electron chi connectivity index (χ1n) is 7.97. The molecule has 0 atom stereocenters. The van der Waals surface area contributed by atoms with Gasteiger partial charge in [-0.05, 0) is 60.9 Å². The molecule has 24 heavy (non-hydrogen) atoms. The van der Waals surface area contributed by atoms with Crippen molar-refractivity contribution >= 4 is 11.9 Å². The summed E-state index contributed by atoms with van der Waals surface area (Å²) in [7, 11) is 0. The average molecular weight is 324 g/mol. The van der Waals surface area contributed by atoms with Crippen molar-refractivity contribution < 1.29 is 19.4 Å². The van der Waals surface area contributed by atoms with Gasteiger partial charge in [-0.15, -0.1) is 0 Å². The lowest BCUT2D eigenvalue weighted by molar-refractivity contribution is 0.104. The van der Waals surface area contributed by atoms with Crippen LogP contribution in [0.2, 0.25) is 0 Å². The van der Waals surface area contributed by atoms with Gasteiger partial charge in [0.05, 0.1) is 18.8 Å². The van der Waals surface area contributed by atoms with Crippen molar-refractivity contribution in [3.63, 3.8) is 0 Å². The Kier molecular flexibility index (Phi) is 4.56. The second kappa shape index (κ2) is 6.79. The Morgan fingerprint density at radius 1 is 1.04 bits per heavy atom. The number of hydrogen-bond donors (Lipinski definition) is 1. The predicted molar refractivity (Wildman–Crippen MR) is 93.0 cm³/mol. The number of fused-ring (bicyclic) bond motifs is 1. The number of phenolic OH excluding ortho intramolecular Hbond substituents is 1. The molecule has 0 saturated carbocycles. The molecule has 0 aliphatic carbocycles. The molecular weight excluding hydrogens is 304 g/mol. The first kappa shape index (κ1) is 16.1. The molecule has 0 unspecified atom stereocenters. The molecule has 3 rings (SSSR count). The third kappa shape index (κ3) is 3.43. The number of aryl methyl sites for hydroxylation is 2. The summed E-state index contributed by atoms with van der Waals surface area (Å²) in [6, 6.07) is 8.90. The molecule has 0 spiro atoms. The largest absolute Gasteiger partial charge is 0.507 e. The maximum absolute atomic E-state index is 12.3. The maximum atomic E-state index is 12.3. The normalized spacial score (nSPS) is 13.8. The zero-order valence-corrected chi connectivity index (χ0v) is 13.8. The third-order valence-corrected chi connectivity index (χ3v) is 4.08. The van der Waals surface area contributed by atoms with E-state index in [4.69, 9.17) is 9.47 Å². The highest BCUT2D eigenvalue weighted by atomic mass is 16.5. The van der Waals surface area contributed by atoms with Crippen LogP contribution in [-0.4, -0.2) is 24.1 Å². The molecule has 1 aliphatic rings. The van der Waals surface area contributed by atoms with Crippen molar-refractivity contribution in [3.05, 3.63) is 58.7 Å². The van der Waals surface area contributed by atoms with E-state index in [0.29, 0.717) is 24.5 Å². The number of carbonyl (C=O) groups excluding carboxylic acids is 1. The van der Waals surface area contributed by atoms with Crippen molar-refractivity contribution in [1.82, 2.24) is 0 Å². The number of rotatable bonds is 3. The molecular formula is C20H20O4. The van der Waals surface area contributed by atoms with Crippen LogP contribution < -0.4 is 9.47 Å². The topological polar surface area (TPSA) is 55.8 Å². The van der Waals surface area contributed by atoms with Crippen LogP contribution >= 0.6 is 0 Å². The standard InChI is InChI=1S/C20H20O4/c1-13-10-16(18(22)11-14(13)2)17(21)6-4-15-5-7-19-20(12-15)24-9-3-8-23-19/h4-7,10-12,22H,3,8-9H2,1-2H3/b6-4+. The van der Waals surface area contributed by atoms with Crippen LogP contribution in [0.15, 0.2) is 36.4 Å². The van der Waals surface area contributed by atoms with E-state index in [2.05, 4.69) is 0 Å². The van der Waals surface area contributed by atoms with E-state index < -0.39 is 0 Å². The monoisotopic (exact) mass is 324 g/mol. The molecule has 1 heterocycles. The van der Waals surface area contributed by atoms with Crippen LogP contribution in [0.4, 0.5) is 0 Å². The first-order valence-corrected chi connectivity index (χ1v) is 7.97. The number of ether oxygens (including phenoxy) is 2. The number of aromatic hydroxyl groups is 1. The Morgan fingerprint density at radius 3 is 2.54 bits per heavy atom. The summed E-state index contributed by atoms with van der Waals surface area (Å²) in [6.45, 7) is 5.08. The minimum atomic E-state index is -0.234. The highest BCUT2D eigenvalue weighted by Gasteiger charge is 2.12. The Hall–Kier alpha value is -2.75. The lowest BCUT2D eigenvalue weighted by Crippen LogP contribution is -1.97. The quantitative estimate of drug-likeness (QED) is 0.683. The first-order chi connectivity index (χ1) is 11.5. The van der Waals surface area contributed by atoms with Gasteiger partial charge in [0.1, 0.15) is 5.75 Å². The molecule has 0 radical (unpaired) electrons. The van der Waals surface area contributed by atoms with E-state index in [9.17, 15) is 9.90 Å². The second-order valence-electron chi connectivity index (χ2n) is 5.91. The van der Waals surface area contributed by atoms with Gasteiger partial charge in [0.25, 0.3) is 0 Å². The highest BCUT2D eigenvalue weighted by molar-refractivity contribution is 6.08. The number of benzene rings is 2. The second-order valence-corrected chi connectivity index (χ2v) is 5.91. The zero-order chi connectivity index (χ0) is 17.1. The van der Waals surface area contributed by atoms with E-state index in [0.717, 1.165) is 28.9 Å². The summed E-state index contributed by atoms with van der Waals surface area (Å²) in [5, 5.41) is 9.98.